The first-order valence-electron chi connectivity index (χ1n) is 8.35. The van der Waals surface area contributed by atoms with Gasteiger partial charge in [0, 0.05) is 6.54 Å². The topological polar surface area (TPSA) is 47.6 Å². The number of nitrogens with one attached hydrogen (secondary N) is 1. The highest BCUT2D eigenvalue weighted by molar-refractivity contribution is 5.81. The molecule has 2 aromatic rings. The van der Waals surface area contributed by atoms with Crippen molar-refractivity contribution in [2.75, 3.05) is 6.61 Å². The van der Waals surface area contributed by atoms with Crippen LogP contribution in [0, 0.1) is 6.92 Å². The molecule has 1 N–H and O–H groups in total. The Labute approximate surface area is 143 Å². The van der Waals surface area contributed by atoms with Crippen LogP contribution in [0.25, 0.3) is 0 Å². The molecule has 24 heavy (non-hydrogen) atoms. The Hall–Kier alpha value is -2.49. The van der Waals surface area contributed by atoms with Crippen molar-refractivity contribution in [1.82, 2.24) is 5.32 Å². The maximum atomic E-state index is 12.4. The summed E-state index contributed by atoms with van der Waals surface area (Å²) in [6.45, 7) is 6.98. The average molecular weight is 327 g/mol. The molecule has 2 aromatic carbocycles. The van der Waals surface area contributed by atoms with Crippen LogP contribution in [0.2, 0.25) is 0 Å². The van der Waals surface area contributed by atoms with Crippen LogP contribution in [0.5, 0.6) is 11.5 Å². The van der Waals surface area contributed by atoms with Gasteiger partial charge < -0.3 is 14.8 Å². The number of rotatable bonds is 8. The molecular formula is C20H25NO3. The Morgan fingerprint density at radius 1 is 1.08 bits per heavy atom. The van der Waals surface area contributed by atoms with E-state index >= 15 is 0 Å². The third-order valence-electron chi connectivity index (χ3n) is 3.73. The Morgan fingerprint density at radius 2 is 1.79 bits per heavy atom. The number of aryl methyl sites for hydroxylation is 1. The Bertz CT molecular complexity index is 652. The van der Waals surface area contributed by atoms with Crippen LogP contribution in [0.3, 0.4) is 0 Å². The number of ether oxygens (including phenoxy) is 2. The molecule has 0 aliphatic heterocycles. The minimum Gasteiger partial charge on any atom is -0.494 e. The highest BCUT2D eigenvalue weighted by atomic mass is 16.5. The van der Waals surface area contributed by atoms with E-state index in [1.54, 1.807) is 0 Å². The lowest BCUT2D eigenvalue weighted by atomic mass is 10.2. The zero-order chi connectivity index (χ0) is 17.4. The van der Waals surface area contributed by atoms with Gasteiger partial charge in [-0.05, 0) is 49.6 Å². The number of amides is 1. The lowest BCUT2D eigenvalue weighted by Gasteiger charge is -2.18. The number of benzene rings is 2. The van der Waals surface area contributed by atoms with E-state index in [1.807, 2.05) is 69.3 Å². The van der Waals surface area contributed by atoms with E-state index in [4.69, 9.17) is 9.47 Å². The smallest absolute Gasteiger partial charge is 0.261 e. The zero-order valence-corrected chi connectivity index (χ0v) is 14.5. The van der Waals surface area contributed by atoms with E-state index in [9.17, 15) is 4.79 Å². The molecule has 0 saturated heterocycles. The highest BCUT2D eigenvalue weighted by Gasteiger charge is 2.18. The fourth-order valence-corrected chi connectivity index (χ4v) is 2.34. The molecule has 0 bridgehead atoms. The molecule has 0 radical (unpaired) electrons. The second kappa shape index (κ2) is 8.96. The number of carbonyl (C=O) groups excluding carboxylic acids is 1. The minimum atomic E-state index is -0.492. The van der Waals surface area contributed by atoms with Gasteiger partial charge >= 0.3 is 0 Å². The maximum Gasteiger partial charge on any atom is 0.261 e. The highest BCUT2D eigenvalue weighted by Crippen LogP contribution is 2.19. The molecular weight excluding hydrogens is 302 g/mol. The largest absolute Gasteiger partial charge is 0.494 e. The SMILES string of the molecule is CCOc1ccc(CNC(=O)[C@@H](CC)Oc2ccccc2C)cc1. The standard InChI is InChI=1S/C20H25NO3/c1-4-18(24-19-9-7-6-8-15(19)3)20(22)21-14-16-10-12-17(13-11-16)23-5-2/h6-13,18H,4-5,14H2,1-3H3,(H,21,22)/t18-/m1/s1. The molecule has 0 spiro atoms. The van der Waals surface area contributed by atoms with Gasteiger partial charge in [-0.3, -0.25) is 4.79 Å². The van der Waals surface area contributed by atoms with Gasteiger partial charge in [-0.25, -0.2) is 0 Å². The summed E-state index contributed by atoms with van der Waals surface area (Å²) in [5, 5.41) is 2.94. The molecule has 0 unspecified atom stereocenters. The molecule has 0 heterocycles. The summed E-state index contributed by atoms with van der Waals surface area (Å²) in [6.07, 6.45) is 0.123. The summed E-state index contributed by atoms with van der Waals surface area (Å²) < 4.78 is 11.3. The molecule has 1 amide bonds. The summed E-state index contributed by atoms with van der Waals surface area (Å²) in [7, 11) is 0. The number of para-hydroxylation sites is 1. The molecule has 0 saturated carbocycles. The average Bonchev–Trinajstić information content (AvgIpc) is 2.60. The summed E-state index contributed by atoms with van der Waals surface area (Å²) in [5.41, 5.74) is 2.05. The third kappa shape index (κ3) is 5.01. The zero-order valence-electron chi connectivity index (χ0n) is 14.5. The number of hydrogen-bond acceptors (Lipinski definition) is 3. The van der Waals surface area contributed by atoms with Gasteiger partial charge in [-0.1, -0.05) is 37.3 Å². The summed E-state index contributed by atoms with van der Waals surface area (Å²) in [6, 6.07) is 15.4. The first-order chi connectivity index (χ1) is 11.6. The lowest BCUT2D eigenvalue weighted by molar-refractivity contribution is -0.128. The quantitative estimate of drug-likeness (QED) is 0.801. The Kier molecular flexibility index (Phi) is 6.67. The number of carbonyl (C=O) groups is 1. The summed E-state index contributed by atoms with van der Waals surface area (Å²) in [5.74, 6) is 1.48. The van der Waals surface area contributed by atoms with Crippen molar-refractivity contribution in [3.05, 3.63) is 59.7 Å². The minimum absolute atomic E-state index is 0.102. The van der Waals surface area contributed by atoms with E-state index in [2.05, 4.69) is 5.32 Å². The van der Waals surface area contributed by atoms with Crippen molar-refractivity contribution in [3.63, 3.8) is 0 Å². The van der Waals surface area contributed by atoms with Crippen LogP contribution >= 0.6 is 0 Å². The van der Waals surface area contributed by atoms with E-state index in [-0.39, 0.29) is 5.91 Å². The molecule has 1 atom stereocenters. The van der Waals surface area contributed by atoms with Crippen molar-refractivity contribution < 1.29 is 14.3 Å². The van der Waals surface area contributed by atoms with Crippen molar-refractivity contribution in [3.8, 4) is 11.5 Å². The van der Waals surface area contributed by atoms with E-state index in [0.29, 0.717) is 19.6 Å². The van der Waals surface area contributed by atoms with Crippen LogP contribution in [0.15, 0.2) is 48.5 Å². The van der Waals surface area contributed by atoms with Gasteiger partial charge in [-0.15, -0.1) is 0 Å². The van der Waals surface area contributed by atoms with E-state index in [0.717, 1.165) is 22.6 Å². The van der Waals surface area contributed by atoms with Crippen LogP contribution in [0.1, 0.15) is 31.4 Å². The second-order valence-corrected chi connectivity index (χ2v) is 5.58. The third-order valence-corrected chi connectivity index (χ3v) is 3.73. The van der Waals surface area contributed by atoms with Crippen LogP contribution in [0.4, 0.5) is 0 Å². The van der Waals surface area contributed by atoms with Gasteiger partial charge in [0.15, 0.2) is 6.10 Å². The Balaban J connectivity index is 1.91. The molecule has 2 rings (SSSR count). The predicted octanol–water partition coefficient (Wildman–Crippen LogP) is 3.87. The summed E-state index contributed by atoms with van der Waals surface area (Å²) in [4.78, 5) is 12.4. The van der Waals surface area contributed by atoms with Crippen LogP contribution in [-0.4, -0.2) is 18.6 Å². The summed E-state index contributed by atoms with van der Waals surface area (Å²) >= 11 is 0. The van der Waals surface area contributed by atoms with Gasteiger partial charge in [0.05, 0.1) is 6.61 Å². The Morgan fingerprint density at radius 3 is 2.42 bits per heavy atom. The first-order valence-corrected chi connectivity index (χ1v) is 8.35. The van der Waals surface area contributed by atoms with Gasteiger partial charge in [0.2, 0.25) is 0 Å². The molecule has 0 fully saturated rings. The van der Waals surface area contributed by atoms with Crippen LogP contribution in [-0.2, 0) is 11.3 Å². The molecule has 4 nitrogen and oxygen atoms in total. The fraction of sp³-hybridized carbons (Fsp3) is 0.350. The molecule has 128 valence electrons. The van der Waals surface area contributed by atoms with Crippen molar-refractivity contribution in [2.24, 2.45) is 0 Å². The van der Waals surface area contributed by atoms with Crippen molar-refractivity contribution in [1.29, 1.82) is 0 Å². The lowest BCUT2D eigenvalue weighted by Crippen LogP contribution is -2.37. The van der Waals surface area contributed by atoms with Crippen LogP contribution < -0.4 is 14.8 Å². The fourth-order valence-electron chi connectivity index (χ4n) is 2.34. The van der Waals surface area contributed by atoms with Crippen molar-refractivity contribution >= 4 is 5.91 Å². The maximum absolute atomic E-state index is 12.4. The molecule has 0 aliphatic rings. The molecule has 4 heteroatoms. The van der Waals surface area contributed by atoms with E-state index < -0.39 is 6.10 Å². The van der Waals surface area contributed by atoms with Gasteiger partial charge in [0.25, 0.3) is 5.91 Å². The van der Waals surface area contributed by atoms with E-state index in [1.165, 1.54) is 0 Å². The monoisotopic (exact) mass is 327 g/mol. The normalized spacial score (nSPS) is 11.6. The number of hydrogen-bond donors (Lipinski definition) is 1. The second-order valence-electron chi connectivity index (χ2n) is 5.58. The van der Waals surface area contributed by atoms with Crippen molar-refractivity contribution in [2.45, 2.75) is 39.8 Å². The molecule has 0 aromatic heterocycles. The molecule has 0 aliphatic carbocycles. The first kappa shape index (κ1) is 17.9. The van der Waals surface area contributed by atoms with Gasteiger partial charge in [-0.2, -0.15) is 0 Å². The predicted molar refractivity (Wildman–Crippen MR) is 95.3 cm³/mol. The van der Waals surface area contributed by atoms with Gasteiger partial charge in [0.1, 0.15) is 11.5 Å².